The first kappa shape index (κ1) is 9.29. The highest BCUT2D eigenvalue weighted by atomic mass is 32.1. The van der Waals surface area contributed by atoms with Gasteiger partial charge in [0.05, 0.1) is 10.6 Å². The van der Waals surface area contributed by atoms with Crippen LogP contribution in [0.5, 0.6) is 0 Å². The van der Waals surface area contributed by atoms with Crippen LogP contribution in [0.25, 0.3) is 17.0 Å². The van der Waals surface area contributed by atoms with E-state index in [1.165, 1.54) is 11.3 Å². The standard InChI is InChI=1S/C10H9N5S/c1-6-4-8-13-14-10(15(8)5-12-6)7-2-3-16-9(7)11/h2-5H,11H2,1H3. The van der Waals surface area contributed by atoms with Crippen molar-refractivity contribution in [2.45, 2.75) is 6.92 Å². The highest BCUT2D eigenvalue weighted by Gasteiger charge is 2.11. The van der Waals surface area contributed by atoms with Crippen molar-refractivity contribution in [1.82, 2.24) is 19.6 Å². The fourth-order valence-corrected chi connectivity index (χ4v) is 2.21. The number of anilines is 1. The fraction of sp³-hybridized carbons (Fsp3) is 0.100. The fourth-order valence-electron chi connectivity index (χ4n) is 1.58. The highest BCUT2D eigenvalue weighted by molar-refractivity contribution is 7.14. The number of fused-ring (bicyclic) bond motifs is 1. The third-order valence-electron chi connectivity index (χ3n) is 2.37. The zero-order valence-electron chi connectivity index (χ0n) is 8.58. The second-order valence-electron chi connectivity index (χ2n) is 3.48. The molecule has 0 amide bonds. The quantitative estimate of drug-likeness (QED) is 0.692. The Balaban J connectivity index is 2.30. The van der Waals surface area contributed by atoms with Gasteiger partial charge in [-0.1, -0.05) is 0 Å². The van der Waals surface area contributed by atoms with E-state index in [4.69, 9.17) is 5.73 Å². The van der Waals surface area contributed by atoms with E-state index >= 15 is 0 Å². The van der Waals surface area contributed by atoms with E-state index in [-0.39, 0.29) is 0 Å². The van der Waals surface area contributed by atoms with Gasteiger partial charge in [-0.3, -0.25) is 4.40 Å². The monoisotopic (exact) mass is 231 g/mol. The number of aromatic nitrogens is 4. The molecule has 0 unspecified atom stereocenters. The summed E-state index contributed by atoms with van der Waals surface area (Å²) in [5.74, 6) is 0.737. The molecule has 0 saturated carbocycles. The summed E-state index contributed by atoms with van der Waals surface area (Å²) >= 11 is 1.49. The second-order valence-corrected chi connectivity index (χ2v) is 4.43. The lowest BCUT2D eigenvalue weighted by Gasteiger charge is -1.98. The molecular formula is C10H9N5S. The van der Waals surface area contributed by atoms with Crippen molar-refractivity contribution < 1.29 is 0 Å². The molecule has 0 spiro atoms. The lowest BCUT2D eigenvalue weighted by atomic mass is 10.3. The summed E-state index contributed by atoms with van der Waals surface area (Å²) < 4.78 is 1.84. The smallest absolute Gasteiger partial charge is 0.172 e. The molecule has 3 heterocycles. The highest BCUT2D eigenvalue weighted by Crippen LogP contribution is 2.29. The molecule has 0 fully saturated rings. The molecule has 0 aromatic carbocycles. The molecule has 6 heteroatoms. The minimum Gasteiger partial charge on any atom is -0.390 e. The number of nitrogen functional groups attached to an aromatic ring is 1. The second kappa shape index (κ2) is 3.28. The molecular weight excluding hydrogens is 222 g/mol. The Hall–Kier alpha value is -1.95. The van der Waals surface area contributed by atoms with Crippen LogP contribution in [-0.4, -0.2) is 19.6 Å². The molecule has 0 aliphatic rings. The Labute approximate surface area is 95.6 Å². The molecule has 5 nitrogen and oxygen atoms in total. The normalized spacial score (nSPS) is 11.1. The van der Waals surface area contributed by atoms with Gasteiger partial charge >= 0.3 is 0 Å². The van der Waals surface area contributed by atoms with Gasteiger partial charge in [0, 0.05) is 11.8 Å². The molecule has 3 aromatic rings. The molecule has 3 rings (SSSR count). The molecule has 0 atom stereocenters. The Morgan fingerprint density at radius 2 is 2.25 bits per heavy atom. The third kappa shape index (κ3) is 1.27. The van der Waals surface area contributed by atoms with Crippen molar-refractivity contribution in [2.24, 2.45) is 0 Å². The third-order valence-corrected chi connectivity index (χ3v) is 3.12. The predicted octanol–water partition coefficient (Wildman–Crippen LogP) is 1.74. The van der Waals surface area contributed by atoms with Crippen LogP contribution >= 0.6 is 11.3 Å². The van der Waals surface area contributed by atoms with Crippen LogP contribution in [0.2, 0.25) is 0 Å². The maximum Gasteiger partial charge on any atom is 0.172 e. The number of hydrogen-bond donors (Lipinski definition) is 1. The summed E-state index contributed by atoms with van der Waals surface area (Å²) in [6.45, 7) is 1.92. The maximum atomic E-state index is 5.87. The van der Waals surface area contributed by atoms with Crippen LogP contribution in [-0.2, 0) is 0 Å². The molecule has 80 valence electrons. The first-order valence-corrected chi connectivity index (χ1v) is 5.64. The van der Waals surface area contributed by atoms with Gasteiger partial charge in [0.1, 0.15) is 6.33 Å². The lowest BCUT2D eigenvalue weighted by molar-refractivity contribution is 1.05. The van der Waals surface area contributed by atoms with Crippen molar-refractivity contribution in [3.63, 3.8) is 0 Å². The first-order chi connectivity index (χ1) is 7.75. The zero-order chi connectivity index (χ0) is 11.1. The number of thiophene rings is 1. The van der Waals surface area contributed by atoms with Gasteiger partial charge in [0.15, 0.2) is 11.5 Å². The lowest BCUT2D eigenvalue weighted by Crippen LogP contribution is -1.93. The molecule has 0 aliphatic heterocycles. The van der Waals surface area contributed by atoms with Crippen molar-refractivity contribution in [3.05, 3.63) is 29.5 Å². The average molecular weight is 231 g/mol. The largest absolute Gasteiger partial charge is 0.390 e. The van der Waals surface area contributed by atoms with Gasteiger partial charge in [-0.05, 0) is 18.4 Å². The van der Waals surface area contributed by atoms with Gasteiger partial charge in [0.2, 0.25) is 0 Å². The van der Waals surface area contributed by atoms with Crippen LogP contribution in [0, 0.1) is 6.92 Å². The van der Waals surface area contributed by atoms with Gasteiger partial charge in [-0.2, -0.15) is 0 Å². The van der Waals surface area contributed by atoms with E-state index < -0.39 is 0 Å². The van der Waals surface area contributed by atoms with Crippen molar-refractivity contribution in [3.8, 4) is 11.4 Å². The topological polar surface area (TPSA) is 69.1 Å². The Kier molecular flexibility index (Phi) is 1.90. The number of rotatable bonds is 1. The van der Waals surface area contributed by atoms with Crippen LogP contribution in [0.15, 0.2) is 23.8 Å². The SMILES string of the molecule is Cc1cc2nnc(-c3ccsc3N)n2cn1. The number of nitrogens with zero attached hydrogens (tertiary/aromatic N) is 4. The molecule has 0 radical (unpaired) electrons. The Bertz CT molecular complexity index is 654. The van der Waals surface area contributed by atoms with E-state index in [0.29, 0.717) is 0 Å². The summed E-state index contributed by atoms with van der Waals surface area (Å²) in [6.07, 6.45) is 1.72. The van der Waals surface area contributed by atoms with Crippen LogP contribution in [0.1, 0.15) is 5.69 Å². The molecule has 0 aliphatic carbocycles. The van der Waals surface area contributed by atoms with E-state index in [1.54, 1.807) is 6.33 Å². The van der Waals surface area contributed by atoms with E-state index in [9.17, 15) is 0 Å². The van der Waals surface area contributed by atoms with Crippen LogP contribution in [0.3, 0.4) is 0 Å². The first-order valence-electron chi connectivity index (χ1n) is 4.76. The van der Waals surface area contributed by atoms with E-state index in [2.05, 4.69) is 15.2 Å². The minimum atomic E-state index is 0.737. The molecule has 16 heavy (non-hydrogen) atoms. The molecule has 0 saturated heterocycles. The van der Waals surface area contributed by atoms with E-state index in [1.807, 2.05) is 28.8 Å². The van der Waals surface area contributed by atoms with Crippen molar-refractivity contribution >= 4 is 22.0 Å². The summed E-state index contributed by atoms with van der Waals surface area (Å²) in [5.41, 5.74) is 8.48. The summed E-state index contributed by atoms with van der Waals surface area (Å²) in [5, 5.41) is 10.9. The van der Waals surface area contributed by atoms with Crippen molar-refractivity contribution in [2.75, 3.05) is 5.73 Å². The van der Waals surface area contributed by atoms with E-state index in [0.717, 1.165) is 27.7 Å². The minimum absolute atomic E-state index is 0.737. The molecule has 2 N–H and O–H groups in total. The van der Waals surface area contributed by atoms with Gasteiger partial charge < -0.3 is 5.73 Å². The number of aryl methyl sites for hydroxylation is 1. The van der Waals surface area contributed by atoms with Gasteiger partial charge in [-0.15, -0.1) is 21.5 Å². The average Bonchev–Trinajstić information content (AvgIpc) is 2.83. The molecule has 3 aromatic heterocycles. The zero-order valence-corrected chi connectivity index (χ0v) is 9.40. The molecule has 0 bridgehead atoms. The summed E-state index contributed by atoms with van der Waals surface area (Å²) in [6, 6.07) is 3.83. The Morgan fingerprint density at radius 1 is 1.38 bits per heavy atom. The van der Waals surface area contributed by atoms with Crippen LogP contribution < -0.4 is 5.73 Å². The summed E-state index contributed by atoms with van der Waals surface area (Å²) in [4.78, 5) is 4.23. The summed E-state index contributed by atoms with van der Waals surface area (Å²) in [7, 11) is 0. The Morgan fingerprint density at radius 3 is 3.00 bits per heavy atom. The number of nitrogens with two attached hydrogens (primary N) is 1. The van der Waals surface area contributed by atoms with Gasteiger partial charge in [-0.25, -0.2) is 4.98 Å². The van der Waals surface area contributed by atoms with Crippen molar-refractivity contribution in [1.29, 1.82) is 0 Å². The number of hydrogen-bond acceptors (Lipinski definition) is 5. The predicted molar refractivity (Wildman–Crippen MR) is 63.2 cm³/mol. The van der Waals surface area contributed by atoms with Crippen LogP contribution in [0.4, 0.5) is 5.00 Å². The maximum absolute atomic E-state index is 5.87. The van der Waals surface area contributed by atoms with Gasteiger partial charge in [0.25, 0.3) is 0 Å².